The molecule has 4 rings (SSSR count). The van der Waals surface area contributed by atoms with Gasteiger partial charge in [0.25, 0.3) is 0 Å². The van der Waals surface area contributed by atoms with Gasteiger partial charge in [-0.1, -0.05) is 30.3 Å². The van der Waals surface area contributed by atoms with Crippen LogP contribution in [-0.2, 0) is 16.1 Å². The van der Waals surface area contributed by atoms with Crippen LogP contribution in [0.4, 0.5) is 13.2 Å². The van der Waals surface area contributed by atoms with Crippen LogP contribution in [0, 0.1) is 17.5 Å². The van der Waals surface area contributed by atoms with Gasteiger partial charge in [0.1, 0.15) is 17.7 Å². The third kappa shape index (κ3) is 5.68. The summed E-state index contributed by atoms with van der Waals surface area (Å²) in [5, 5.41) is 9.41. The molecule has 3 aromatic carbocycles. The van der Waals surface area contributed by atoms with Gasteiger partial charge >= 0.3 is 5.97 Å². The fourth-order valence-electron chi connectivity index (χ4n) is 4.46. The highest BCUT2D eigenvalue weighted by Gasteiger charge is 2.28. The Balaban J connectivity index is 1.37. The summed E-state index contributed by atoms with van der Waals surface area (Å²) < 4.78 is 54.7. The van der Waals surface area contributed by atoms with E-state index in [1.807, 2.05) is 6.92 Å². The quantitative estimate of drug-likeness (QED) is 0.371. The Morgan fingerprint density at radius 3 is 2.31 bits per heavy atom. The van der Waals surface area contributed by atoms with Gasteiger partial charge in [0.2, 0.25) is 0 Å². The third-order valence-electron chi connectivity index (χ3n) is 6.43. The number of benzene rings is 3. The molecule has 1 aliphatic carbocycles. The van der Waals surface area contributed by atoms with Gasteiger partial charge in [-0.05, 0) is 73.9 Å². The molecule has 1 saturated carbocycles. The van der Waals surface area contributed by atoms with E-state index in [0.29, 0.717) is 49.0 Å². The van der Waals surface area contributed by atoms with Crippen LogP contribution in [0.15, 0.2) is 54.6 Å². The first kappa shape index (κ1) is 24.8. The van der Waals surface area contributed by atoms with Crippen LogP contribution in [0.3, 0.4) is 0 Å². The molecule has 0 amide bonds. The fourth-order valence-corrected chi connectivity index (χ4v) is 4.46. The topological polar surface area (TPSA) is 55.8 Å². The molecule has 0 bridgehead atoms. The Labute approximate surface area is 202 Å². The maximum absolute atomic E-state index is 14.9. The maximum atomic E-state index is 14.9. The number of aromatic hydroxyl groups is 1. The van der Waals surface area contributed by atoms with Crippen molar-refractivity contribution >= 4 is 5.97 Å². The minimum absolute atomic E-state index is 0.0485. The molecule has 35 heavy (non-hydrogen) atoms. The van der Waals surface area contributed by atoms with Crippen molar-refractivity contribution in [3.8, 4) is 16.9 Å². The van der Waals surface area contributed by atoms with Crippen molar-refractivity contribution < 1.29 is 32.5 Å². The van der Waals surface area contributed by atoms with E-state index in [1.165, 1.54) is 36.4 Å². The van der Waals surface area contributed by atoms with E-state index in [-0.39, 0.29) is 35.5 Å². The SMILES string of the molecule is CCOCc1ccc(C(=O)OC2CCC(c3ccc(-c4ccc(O)cc4)c(F)c3F)CC2)cc1F. The van der Waals surface area contributed by atoms with Gasteiger partial charge in [-0.15, -0.1) is 0 Å². The summed E-state index contributed by atoms with van der Waals surface area (Å²) in [6, 6.07) is 13.2. The van der Waals surface area contributed by atoms with E-state index in [1.54, 1.807) is 12.1 Å². The highest BCUT2D eigenvalue weighted by molar-refractivity contribution is 5.89. The minimum atomic E-state index is -0.920. The van der Waals surface area contributed by atoms with Crippen LogP contribution in [0.1, 0.15) is 60.0 Å². The number of phenolic OH excluding ortho intramolecular Hbond substituents is 1. The summed E-state index contributed by atoms with van der Waals surface area (Å²) in [5.74, 6) is -3.07. The Kier molecular flexibility index (Phi) is 7.76. The Morgan fingerprint density at radius 2 is 1.66 bits per heavy atom. The Bertz CT molecular complexity index is 1190. The van der Waals surface area contributed by atoms with E-state index < -0.39 is 23.4 Å². The van der Waals surface area contributed by atoms with Gasteiger partial charge in [-0.25, -0.2) is 18.0 Å². The maximum Gasteiger partial charge on any atom is 0.338 e. The van der Waals surface area contributed by atoms with E-state index in [2.05, 4.69) is 0 Å². The fraction of sp³-hybridized carbons (Fsp3) is 0.321. The predicted molar refractivity (Wildman–Crippen MR) is 126 cm³/mol. The zero-order valence-electron chi connectivity index (χ0n) is 19.4. The molecule has 1 aliphatic rings. The molecule has 0 aromatic heterocycles. The zero-order valence-corrected chi connectivity index (χ0v) is 19.4. The normalized spacial score (nSPS) is 17.8. The van der Waals surface area contributed by atoms with Gasteiger partial charge in [-0.2, -0.15) is 0 Å². The molecule has 0 aliphatic heterocycles. The standard InChI is InChI=1S/C28H27F3O4/c1-2-34-16-20-4-3-19(15-25(20)29)28(33)35-22-11-7-18(8-12-22)24-14-13-23(26(30)27(24)31)17-5-9-21(32)10-6-17/h3-6,9-10,13-15,18,22,32H,2,7-8,11-12,16H2,1H3. The number of hydrogen-bond donors (Lipinski definition) is 1. The summed E-state index contributed by atoms with van der Waals surface area (Å²) in [6.45, 7) is 2.41. The summed E-state index contributed by atoms with van der Waals surface area (Å²) >= 11 is 0. The Hall–Kier alpha value is -3.32. The van der Waals surface area contributed by atoms with Crippen molar-refractivity contribution in [2.75, 3.05) is 6.61 Å². The van der Waals surface area contributed by atoms with Crippen LogP contribution in [0.5, 0.6) is 5.75 Å². The zero-order chi connectivity index (χ0) is 24.9. The number of carbonyl (C=O) groups is 1. The van der Waals surface area contributed by atoms with Gasteiger partial charge in [0.15, 0.2) is 11.6 Å². The van der Waals surface area contributed by atoms with Gasteiger partial charge in [-0.3, -0.25) is 0 Å². The molecule has 0 heterocycles. The van der Waals surface area contributed by atoms with Crippen molar-refractivity contribution in [1.82, 2.24) is 0 Å². The van der Waals surface area contributed by atoms with Gasteiger partial charge in [0.05, 0.1) is 12.2 Å². The van der Waals surface area contributed by atoms with E-state index in [4.69, 9.17) is 9.47 Å². The molecule has 1 fully saturated rings. The lowest BCUT2D eigenvalue weighted by Gasteiger charge is -2.29. The Morgan fingerprint density at radius 1 is 0.943 bits per heavy atom. The smallest absolute Gasteiger partial charge is 0.338 e. The average Bonchev–Trinajstić information content (AvgIpc) is 2.86. The molecular formula is C28H27F3O4. The van der Waals surface area contributed by atoms with Gasteiger partial charge in [0, 0.05) is 17.7 Å². The minimum Gasteiger partial charge on any atom is -0.508 e. The lowest BCUT2D eigenvalue weighted by atomic mass is 9.82. The number of halogens is 3. The van der Waals surface area contributed by atoms with Crippen molar-refractivity contribution in [2.24, 2.45) is 0 Å². The summed E-state index contributed by atoms with van der Waals surface area (Å²) in [6.07, 6.45) is 1.71. The van der Waals surface area contributed by atoms with Crippen LogP contribution in [0.25, 0.3) is 11.1 Å². The molecule has 184 valence electrons. The number of esters is 1. The highest BCUT2D eigenvalue weighted by atomic mass is 19.2. The molecule has 1 N–H and O–H groups in total. The van der Waals surface area contributed by atoms with E-state index in [9.17, 15) is 23.1 Å². The van der Waals surface area contributed by atoms with Crippen LogP contribution in [0.2, 0.25) is 0 Å². The monoisotopic (exact) mass is 484 g/mol. The number of ether oxygens (including phenoxy) is 2. The molecule has 0 saturated heterocycles. The summed E-state index contributed by atoms with van der Waals surface area (Å²) in [4.78, 5) is 12.5. The molecule has 0 spiro atoms. The summed E-state index contributed by atoms with van der Waals surface area (Å²) in [7, 11) is 0. The number of rotatable bonds is 7. The van der Waals surface area contributed by atoms with Crippen LogP contribution in [-0.4, -0.2) is 23.8 Å². The van der Waals surface area contributed by atoms with Crippen LogP contribution < -0.4 is 0 Å². The number of carbonyl (C=O) groups excluding carboxylic acids is 1. The van der Waals surface area contributed by atoms with Gasteiger partial charge < -0.3 is 14.6 Å². The lowest BCUT2D eigenvalue weighted by Crippen LogP contribution is -2.24. The molecule has 0 atom stereocenters. The first-order chi connectivity index (χ1) is 16.9. The second-order valence-corrected chi connectivity index (χ2v) is 8.70. The highest BCUT2D eigenvalue weighted by Crippen LogP contribution is 2.38. The molecule has 3 aromatic rings. The number of phenols is 1. The molecule has 7 heteroatoms. The molecular weight excluding hydrogens is 457 g/mol. The van der Waals surface area contributed by atoms with Crippen LogP contribution >= 0.6 is 0 Å². The number of hydrogen-bond acceptors (Lipinski definition) is 4. The molecule has 0 unspecified atom stereocenters. The van der Waals surface area contributed by atoms with E-state index >= 15 is 0 Å². The second-order valence-electron chi connectivity index (χ2n) is 8.70. The van der Waals surface area contributed by atoms with Crippen molar-refractivity contribution in [1.29, 1.82) is 0 Å². The lowest BCUT2D eigenvalue weighted by molar-refractivity contribution is 0.0193. The summed E-state index contributed by atoms with van der Waals surface area (Å²) in [5.41, 5.74) is 1.41. The first-order valence-electron chi connectivity index (χ1n) is 11.7. The second kappa shape index (κ2) is 11.0. The largest absolute Gasteiger partial charge is 0.508 e. The predicted octanol–water partition coefficient (Wildman–Crippen LogP) is 6.90. The van der Waals surface area contributed by atoms with Crippen molar-refractivity contribution in [2.45, 2.75) is 51.2 Å². The first-order valence-corrected chi connectivity index (χ1v) is 11.7. The molecule has 0 radical (unpaired) electrons. The van der Waals surface area contributed by atoms with E-state index in [0.717, 1.165) is 6.07 Å². The third-order valence-corrected chi connectivity index (χ3v) is 6.43. The van der Waals surface area contributed by atoms with Crippen molar-refractivity contribution in [3.63, 3.8) is 0 Å². The average molecular weight is 485 g/mol. The van der Waals surface area contributed by atoms with Crippen molar-refractivity contribution in [3.05, 3.63) is 88.7 Å². The molecule has 4 nitrogen and oxygen atoms in total.